The van der Waals surface area contributed by atoms with Crippen molar-refractivity contribution in [3.63, 3.8) is 0 Å². The smallest absolute Gasteiger partial charge is 0.321 e. The Morgan fingerprint density at radius 1 is 0.548 bits per heavy atom. The molecule has 4 aliphatic heterocycles. The minimum absolute atomic E-state index is 0.0282. The number of nitrogens with one attached hydrogen (secondary N) is 2. The molecular weight excluding hydrogens is 829 g/mol. The van der Waals surface area contributed by atoms with E-state index in [1.54, 1.807) is 31.2 Å². The molecule has 2 fully saturated rings. The number of urea groups is 2. The normalized spacial score (nSPS) is 16.1. The van der Waals surface area contributed by atoms with Crippen molar-refractivity contribution in [1.29, 1.82) is 0 Å². The third-order valence-electron chi connectivity index (χ3n) is 11.0. The summed E-state index contributed by atoms with van der Waals surface area (Å²) in [7, 11) is -6.17. The van der Waals surface area contributed by atoms with Gasteiger partial charge in [0, 0.05) is 56.2 Å². The highest BCUT2D eigenvalue weighted by Gasteiger charge is 2.26. The lowest BCUT2D eigenvalue weighted by atomic mass is 10.1. The average Bonchev–Trinajstić information content (AvgIpc) is 3.91. The fourth-order valence-corrected chi connectivity index (χ4v) is 9.45. The average molecular weight is 889 g/mol. The minimum Gasteiger partial charge on any atom is -0.389 e. The van der Waals surface area contributed by atoms with Crippen LogP contribution in [0.15, 0.2) is 97.1 Å². The van der Waals surface area contributed by atoms with Crippen molar-refractivity contribution in [2.45, 2.75) is 71.3 Å². The van der Waals surface area contributed by atoms with E-state index in [2.05, 4.69) is 10.6 Å². The Kier molecular flexibility index (Phi) is 16.9. The van der Waals surface area contributed by atoms with E-state index in [0.717, 1.165) is 104 Å². The summed E-state index contributed by atoms with van der Waals surface area (Å²) in [6.07, 6.45) is 10.4. The molecule has 0 spiro atoms. The SMILES string of the molecule is CC(=O)c1ccc(NC(=O)N2CCCCC2)cc1.CC(O)c1ccc(NC(=O)N2CCCCC2)cc1.CS(=O)(=O)N1CCc2ccccc21.CS(=O)(=O)N1CCc2ccccc21. The van der Waals surface area contributed by atoms with Gasteiger partial charge in [0.1, 0.15) is 0 Å². The van der Waals surface area contributed by atoms with Crippen LogP contribution in [-0.2, 0) is 32.9 Å². The van der Waals surface area contributed by atoms with Gasteiger partial charge in [-0.1, -0.05) is 48.5 Å². The molecule has 2 saturated heterocycles. The predicted octanol–water partition coefficient (Wildman–Crippen LogP) is 7.68. The van der Waals surface area contributed by atoms with Crippen molar-refractivity contribution in [2.24, 2.45) is 0 Å². The van der Waals surface area contributed by atoms with E-state index < -0.39 is 26.2 Å². The topological polar surface area (TPSA) is 177 Å². The van der Waals surface area contributed by atoms with E-state index in [-0.39, 0.29) is 17.8 Å². The van der Waals surface area contributed by atoms with E-state index in [1.807, 2.05) is 82.6 Å². The zero-order chi connectivity index (χ0) is 44.9. The number of fused-ring (bicyclic) bond motifs is 2. The molecule has 62 heavy (non-hydrogen) atoms. The summed E-state index contributed by atoms with van der Waals surface area (Å²) < 4.78 is 48.2. The molecule has 0 aliphatic carbocycles. The number of para-hydroxylation sites is 2. The molecule has 334 valence electrons. The van der Waals surface area contributed by atoms with Crippen LogP contribution in [-0.4, -0.2) is 101 Å². The fraction of sp³-hybridized carbons (Fsp3) is 0.413. The fourth-order valence-electron chi connectivity index (χ4n) is 7.54. The first kappa shape index (κ1) is 47.6. The number of benzene rings is 4. The minimum atomic E-state index is -3.08. The van der Waals surface area contributed by atoms with E-state index in [9.17, 15) is 36.3 Å². The Balaban J connectivity index is 0.000000158. The monoisotopic (exact) mass is 888 g/mol. The highest BCUT2D eigenvalue weighted by Crippen LogP contribution is 2.30. The van der Waals surface area contributed by atoms with Crippen LogP contribution in [0.4, 0.5) is 32.3 Å². The van der Waals surface area contributed by atoms with Crippen molar-refractivity contribution in [3.05, 3.63) is 119 Å². The molecule has 4 amide bonds. The Labute approximate surface area is 367 Å². The number of nitrogens with zero attached hydrogens (tertiary/aromatic N) is 4. The number of sulfonamides is 2. The van der Waals surface area contributed by atoms with Gasteiger partial charge in [-0.25, -0.2) is 26.4 Å². The molecule has 0 bridgehead atoms. The van der Waals surface area contributed by atoms with Crippen molar-refractivity contribution < 1.29 is 36.3 Å². The maximum Gasteiger partial charge on any atom is 0.321 e. The lowest BCUT2D eigenvalue weighted by Crippen LogP contribution is -2.38. The molecule has 3 N–H and O–H groups in total. The lowest BCUT2D eigenvalue weighted by molar-refractivity contribution is 0.101. The summed E-state index contributed by atoms with van der Waals surface area (Å²) in [4.78, 5) is 38.7. The Morgan fingerprint density at radius 2 is 0.919 bits per heavy atom. The number of Topliss-reactive ketones (excluding diaryl/α,β-unsaturated/α-hetero) is 1. The number of hydrogen-bond acceptors (Lipinski definition) is 8. The van der Waals surface area contributed by atoms with Crippen LogP contribution in [0, 0.1) is 0 Å². The maximum atomic E-state index is 12.0. The molecule has 16 heteroatoms. The van der Waals surface area contributed by atoms with Gasteiger partial charge in [-0.2, -0.15) is 0 Å². The number of aliphatic hydroxyl groups is 1. The number of rotatable bonds is 6. The van der Waals surface area contributed by atoms with Gasteiger partial charge in [-0.15, -0.1) is 0 Å². The molecule has 4 heterocycles. The van der Waals surface area contributed by atoms with E-state index in [4.69, 9.17) is 0 Å². The van der Waals surface area contributed by atoms with Crippen LogP contribution in [0.3, 0.4) is 0 Å². The zero-order valence-electron chi connectivity index (χ0n) is 36.1. The Bertz CT molecular complexity index is 2260. The number of carbonyl (C=O) groups excluding carboxylic acids is 3. The molecule has 1 atom stereocenters. The Morgan fingerprint density at radius 3 is 1.27 bits per heavy atom. The third-order valence-corrected chi connectivity index (χ3v) is 13.3. The van der Waals surface area contributed by atoms with Crippen LogP contribution < -0.4 is 19.2 Å². The lowest BCUT2D eigenvalue weighted by Gasteiger charge is -2.26. The number of ketones is 1. The summed E-state index contributed by atoms with van der Waals surface area (Å²) in [6, 6.07) is 29.5. The Hall–Kier alpha value is -5.45. The summed E-state index contributed by atoms with van der Waals surface area (Å²) in [5.74, 6) is 0.0314. The van der Waals surface area contributed by atoms with Crippen LogP contribution in [0.5, 0.6) is 0 Å². The van der Waals surface area contributed by atoms with Crippen LogP contribution >= 0.6 is 0 Å². The first-order valence-corrected chi connectivity index (χ1v) is 24.8. The van der Waals surface area contributed by atoms with Gasteiger partial charge in [-0.05, 0) is 130 Å². The molecule has 1 unspecified atom stereocenters. The van der Waals surface area contributed by atoms with Gasteiger partial charge >= 0.3 is 12.1 Å². The molecule has 14 nitrogen and oxygen atoms in total. The molecule has 0 aromatic heterocycles. The van der Waals surface area contributed by atoms with Crippen molar-refractivity contribution >= 4 is 60.6 Å². The van der Waals surface area contributed by atoms with Gasteiger partial charge in [0.05, 0.1) is 30.0 Å². The van der Waals surface area contributed by atoms with Crippen LogP contribution in [0.25, 0.3) is 0 Å². The highest BCUT2D eigenvalue weighted by atomic mass is 32.2. The molecule has 8 rings (SSSR count). The second-order valence-corrected chi connectivity index (χ2v) is 19.6. The van der Waals surface area contributed by atoms with E-state index >= 15 is 0 Å². The summed E-state index contributed by atoms with van der Waals surface area (Å²) in [6.45, 7) is 7.77. The second kappa shape index (κ2) is 22.1. The van der Waals surface area contributed by atoms with Crippen molar-refractivity contribution in [2.75, 3.05) is 71.0 Å². The number of aliphatic hydroxyl groups excluding tert-OH is 1. The number of likely N-dealkylation sites (tertiary alicyclic amines) is 2. The first-order chi connectivity index (χ1) is 29.5. The van der Waals surface area contributed by atoms with Gasteiger partial charge in [-0.3, -0.25) is 13.4 Å². The highest BCUT2D eigenvalue weighted by molar-refractivity contribution is 7.92. The second-order valence-electron chi connectivity index (χ2n) is 15.8. The van der Waals surface area contributed by atoms with Gasteiger partial charge in [0.25, 0.3) is 0 Å². The number of amides is 4. The maximum absolute atomic E-state index is 12.0. The molecule has 0 saturated carbocycles. The zero-order valence-corrected chi connectivity index (χ0v) is 37.8. The number of carbonyl (C=O) groups is 3. The summed E-state index contributed by atoms with van der Waals surface area (Å²) >= 11 is 0. The largest absolute Gasteiger partial charge is 0.389 e. The van der Waals surface area contributed by atoms with Gasteiger partial charge < -0.3 is 25.5 Å². The molecular formula is C46H60N6O8S2. The number of hydrogen-bond donors (Lipinski definition) is 3. The first-order valence-electron chi connectivity index (χ1n) is 21.1. The molecule has 4 aromatic rings. The van der Waals surface area contributed by atoms with Crippen LogP contribution in [0.1, 0.15) is 85.5 Å². The molecule has 0 radical (unpaired) electrons. The summed E-state index contributed by atoms with van der Waals surface area (Å²) in [5, 5.41) is 15.1. The number of piperidine rings is 2. The van der Waals surface area contributed by atoms with Crippen molar-refractivity contribution in [1.82, 2.24) is 9.80 Å². The van der Waals surface area contributed by atoms with Gasteiger partial charge in [0.2, 0.25) is 20.0 Å². The quantitative estimate of drug-likeness (QED) is 0.165. The number of anilines is 4. The van der Waals surface area contributed by atoms with E-state index in [1.165, 1.54) is 40.9 Å². The molecule has 4 aliphatic rings. The summed E-state index contributed by atoms with van der Waals surface area (Å²) in [5.41, 5.74) is 6.93. The molecule has 4 aromatic carbocycles. The van der Waals surface area contributed by atoms with Crippen LogP contribution in [0.2, 0.25) is 0 Å². The predicted molar refractivity (Wildman–Crippen MR) is 247 cm³/mol. The third kappa shape index (κ3) is 13.8. The van der Waals surface area contributed by atoms with E-state index in [0.29, 0.717) is 18.7 Å². The van der Waals surface area contributed by atoms with Gasteiger partial charge in [0.15, 0.2) is 5.78 Å². The van der Waals surface area contributed by atoms with Crippen molar-refractivity contribution in [3.8, 4) is 0 Å². The standard InChI is InChI=1S/C14H20N2O2.C14H18N2O2.2C9H11NO2S/c2*1-11(17)12-5-7-13(8-6-12)15-14(18)16-9-3-2-4-10-16;2*1-13(11,12)10-7-6-8-4-2-3-5-9(8)10/h5-8,11,17H,2-4,9-10H2,1H3,(H,15,18);5-8H,2-4,9-10H2,1H3,(H,15,18);2*2-5H,6-7H2,1H3.